The summed E-state index contributed by atoms with van der Waals surface area (Å²) in [5.41, 5.74) is 0.812. The number of rotatable bonds is 8. The molecule has 0 saturated carbocycles. The first kappa shape index (κ1) is 20.9. The maximum absolute atomic E-state index is 11.9. The van der Waals surface area contributed by atoms with E-state index in [4.69, 9.17) is 4.74 Å². The topological polar surface area (TPSA) is 81.7 Å². The Balaban J connectivity index is 2.50. The molecule has 25 heavy (non-hydrogen) atoms. The Morgan fingerprint density at radius 1 is 1.24 bits per heavy atom. The molecule has 6 nitrogen and oxygen atoms in total. The highest BCUT2D eigenvalue weighted by atomic mass is 79.9. The number of carbonyl (C=O) groups excluding carboxylic acids is 3. The molecule has 0 bridgehead atoms. The summed E-state index contributed by atoms with van der Waals surface area (Å²) in [4.78, 5) is 35.2. The molecule has 1 N–H and O–H groups in total. The Morgan fingerprint density at radius 2 is 1.92 bits per heavy atom. The van der Waals surface area contributed by atoms with Gasteiger partial charge in [-0.1, -0.05) is 48.0 Å². The first-order chi connectivity index (χ1) is 11.8. The number of halogens is 1. The number of amides is 1. The number of benzene rings is 1. The first-order valence-corrected chi connectivity index (χ1v) is 8.59. The highest BCUT2D eigenvalue weighted by Gasteiger charge is 2.22. The van der Waals surface area contributed by atoms with Crippen LogP contribution in [0.4, 0.5) is 0 Å². The second-order valence-corrected chi connectivity index (χ2v) is 6.59. The molecular weight excluding hydrogens is 390 g/mol. The molecule has 0 heterocycles. The summed E-state index contributed by atoms with van der Waals surface area (Å²) >= 11 is 3.36. The SMILES string of the molecule is COC(=O)[C@H](CC(C)C)NC(=O)COC(=O)/C=C/c1ccccc1Br. The third-order valence-electron chi connectivity index (χ3n) is 3.18. The molecule has 7 heteroatoms. The number of nitrogens with one attached hydrogen (secondary N) is 1. The van der Waals surface area contributed by atoms with E-state index in [1.165, 1.54) is 13.2 Å². The standard InChI is InChI=1S/C18H22BrNO5/c1-12(2)10-15(18(23)24-3)20-16(21)11-25-17(22)9-8-13-6-4-5-7-14(13)19/h4-9,12,15H,10-11H2,1-3H3,(H,20,21)/b9-8+/t15-/m0/s1. The number of hydrogen-bond donors (Lipinski definition) is 1. The molecule has 1 aromatic rings. The second kappa shape index (κ2) is 10.7. The Hall–Kier alpha value is -2.15. The maximum Gasteiger partial charge on any atom is 0.331 e. The fourth-order valence-electron chi connectivity index (χ4n) is 2.02. The molecule has 0 aliphatic carbocycles. The molecule has 1 amide bonds. The summed E-state index contributed by atoms with van der Waals surface area (Å²) in [7, 11) is 1.26. The van der Waals surface area contributed by atoms with Crippen LogP contribution in [0.3, 0.4) is 0 Å². The molecule has 136 valence electrons. The zero-order valence-corrected chi connectivity index (χ0v) is 16.0. The van der Waals surface area contributed by atoms with Crippen LogP contribution in [0.2, 0.25) is 0 Å². The fourth-order valence-corrected chi connectivity index (χ4v) is 2.43. The van der Waals surface area contributed by atoms with E-state index < -0.39 is 30.5 Å². The highest BCUT2D eigenvalue weighted by molar-refractivity contribution is 9.10. The lowest BCUT2D eigenvalue weighted by Crippen LogP contribution is -2.44. The molecule has 0 aliphatic heterocycles. The van der Waals surface area contributed by atoms with Crippen molar-refractivity contribution in [3.63, 3.8) is 0 Å². The van der Waals surface area contributed by atoms with E-state index in [0.717, 1.165) is 10.0 Å². The zero-order valence-electron chi connectivity index (χ0n) is 14.5. The smallest absolute Gasteiger partial charge is 0.331 e. The van der Waals surface area contributed by atoms with Crippen molar-refractivity contribution in [1.82, 2.24) is 5.32 Å². The second-order valence-electron chi connectivity index (χ2n) is 5.74. The first-order valence-electron chi connectivity index (χ1n) is 7.80. The van der Waals surface area contributed by atoms with Crippen LogP contribution < -0.4 is 5.32 Å². The average Bonchev–Trinajstić information content (AvgIpc) is 2.57. The van der Waals surface area contributed by atoms with Crippen molar-refractivity contribution in [2.45, 2.75) is 26.3 Å². The monoisotopic (exact) mass is 411 g/mol. The summed E-state index contributed by atoms with van der Waals surface area (Å²) in [5.74, 6) is -1.54. The van der Waals surface area contributed by atoms with Crippen molar-refractivity contribution in [3.8, 4) is 0 Å². The van der Waals surface area contributed by atoms with Crippen molar-refractivity contribution in [1.29, 1.82) is 0 Å². The van der Waals surface area contributed by atoms with E-state index in [0.29, 0.717) is 6.42 Å². The minimum Gasteiger partial charge on any atom is -0.467 e. The van der Waals surface area contributed by atoms with Crippen molar-refractivity contribution in [3.05, 3.63) is 40.4 Å². The van der Waals surface area contributed by atoms with E-state index in [1.54, 1.807) is 6.08 Å². The van der Waals surface area contributed by atoms with Crippen LogP contribution in [-0.4, -0.2) is 37.6 Å². The Bertz CT molecular complexity index is 642. The molecule has 1 rings (SSSR count). The molecule has 0 spiro atoms. The van der Waals surface area contributed by atoms with Gasteiger partial charge in [-0.05, 0) is 30.0 Å². The van der Waals surface area contributed by atoms with E-state index in [1.807, 2.05) is 38.1 Å². The van der Waals surface area contributed by atoms with Crippen LogP contribution in [0.5, 0.6) is 0 Å². The van der Waals surface area contributed by atoms with Crippen LogP contribution in [0.25, 0.3) is 6.08 Å². The summed E-state index contributed by atoms with van der Waals surface area (Å²) in [6.07, 6.45) is 3.26. The van der Waals surface area contributed by atoms with Gasteiger partial charge in [-0.15, -0.1) is 0 Å². The van der Waals surface area contributed by atoms with E-state index >= 15 is 0 Å². The third kappa shape index (κ3) is 7.98. The largest absolute Gasteiger partial charge is 0.467 e. The van der Waals surface area contributed by atoms with Crippen LogP contribution in [0.15, 0.2) is 34.8 Å². The fraction of sp³-hybridized carbons (Fsp3) is 0.389. The number of carbonyl (C=O) groups is 3. The van der Waals surface area contributed by atoms with Gasteiger partial charge in [-0.3, -0.25) is 4.79 Å². The summed E-state index contributed by atoms with van der Waals surface area (Å²) in [5, 5.41) is 2.52. The molecule has 0 saturated heterocycles. The minimum absolute atomic E-state index is 0.194. The van der Waals surface area contributed by atoms with Crippen molar-refractivity contribution < 1.29 is 23.9 Å². The number of ether oxygens (including phenoxy) is 2. The number of methoxy groups -OCH3 is 1. The number of esters is 2. The van der Waals surface area contributed by atoms with Gasteiger partial charge in [0.2, 0.25) is 0 Å². The van der Waals surface area contributed by atoms with Gasteiger partial charge < -0.3 is 14.8 Å². The maximum atomic E-state index is 11.9. The van der Waals surface area contributed by atoms with Gasteiger partial charge in [0, 0.05) is 10.5 Å². The van der Waals surface area contributed by atoms with Crippen molar-refractivity contribution in [2.24, 2.45) is 5.92 Å². The zero-order chi connectivity index (χ0) is 18.8. The van der Waals surface area contributed by atoms with Crippen LogP contribution in [0.1, 0.15) is 25.8 Å². The normalized spacial score (nSPS) is 12.0. The molecule has 1 atom stereocenters. The van der Waals surface area contributed by atoms with Crippen molar-refractivity contribution >= 4 is 39.9 Å². The molecule has 0 unspecified atom stereocenters. The lowest BCUT2D eigenvalue weighted by Gasteiger charge is -2.18. The Labute approximate surface area is 155 Å². The van der Waals surface area contributed by atoms with E-state index in [-0.39, 0.29) is 5.92 Å². The summed E-state index contributed by atoms with van der Waals surface area (Å²) < 4.78 is 10.4. The lowest BCUT2D eigenvalue weighted by atomic mass is 10.0. The molecule has 0 radical (unpaired) electrons. The molecule has 0 aromatic heterocycles. The molecule has 0 aliphatic rings. The van der Waals surface area contributed by atoms with Gasteiger partial charge in [0.15, 0.2) is 6.61 Å². The predicted octanol–water partition coefficient (Wildman–Crippen LogP) is 2.71. The van der Waals surface area contributed by atoms with Crippen molar-refractivity contribution in [2.75, 3.05) is 13.7 Å². The minimum atomic E-state index is -0.757. The van der Waals surface area contributed by atoms with Gasteiger partial charge in [0.25, 0.3) is 5.91 Å². The van der Waals surface area contributed by atoms with E-state index in [9.17, 15) is 14.4 Å². The quantitative estimate of drug-likeness (QED) is 0.525. The van der Waals surface area contributed by atoms with E-state index in [2.05, 4.69) is 26.0 Å². The van der Waals surface area contributed by atoms with Gasteiger partial charge in [0.05, 0.1) is 7.11 Å². The van der Waals surface area contributed by atoms with Gasteiger partial charge in [0.1, 0.15) is 6.04 Å². The highest BCUT2D eigenvalue weighted by Crippen LogP contribution is 2.17. The lowest BCUT2D eigenvalue weighted by molar-refractivity contribution is -0.148. The third-order valence-corrected chi connectivity index (χ3v) is 3.90. The molecule has 1 aromatic carbocycles. The molecular formula is C18H22BrNO5. The van der Waals surface area contributed by atoms with Gasteiger partial charge >= 0.3 is 11.9 Å². The van der Waals surface area contributed by atoms with Gasteiger partial charge in [-0.25, -0.2) is 9.59 Å². The molecule has 0 fully saturated rings. The Kier molecular flexibility index (Phi) is 8.91. The predicted molar refractivity (Wildman–Crippen MR) is 97.5 cm³/mol. The number of hydrogen-bond acceptors (Lipinski definition) is 5. The average molecular weight is 412 g/mol. The van der Waals surface area contributed by atoms with Crippen LogP contribution in [-0.2, 0) is 23.9 Å². The van der Waals surface area contributed by atoms with Crippen LogP contribution in [0, 0.1) is 5.92 Å². The summed E-state index contributed by atoms with van der Waals surface area (Å²) in [6, 6.07) is 6.62. The Morgan fingerprint density at radius 3 is 2.52 bits per heavy atom. The van der Waals surface area contributed by atoms with Crippen LogP contribution >= 0.6 is 15.9 Å². The summed E-state index contributed by atoms with van der Waals surface area (Å²) in [6.45, 7) is 3.38. The van der Waals surface area contributed by atoms with Gasteiger partial charge in [-0.2, -0.15) is 0 Å².